The molecule has 0 spiro atoms. The van der Waals surface area contributed by atoms with Crippen molar-refractivity contribution in [1.82, 2.24) is 10.3 Å². The maximum atomic E-state index is 12.6. The predicted octanol–water partition coefficient (Wildman–Crippen LogP) is 3.65. The van der Waals surface area contributed by atoms with Crippen LogP contribution in [0.3, 0.4) is 0 Å². The molecule has 0 bridgehead atoms. The lowest BCUT2D eigenvalue weighted by Gasteiger charge is -2.06. The summed E-state index contributed by atoms with van der Waals surface area (Å²) in [6.45, 7) is 0.0795. The fraction of sp³-hybridized carbons (Fsp3) is 0.222. The van der Waals surface area contributed by atoms with Gasteiger partial charge < -0.3 is 9.73 Å². The van der Waals surface area contributed by atoms with Crippen LogP contribution >= 0.6 is 11.3 Å². The summed E-state index contributed by atoms with van der Waals surface area (Å²) in [4.78, 5) is 16.0. The molecule has 2 aromatic heterocycles. The van der Waals surface area contributed by atoms with Gasteiger partial charge in [0.05, 0.1) is 29.8 Å². The Labute approximate surface area is 168 Å². The average molecular weight is 444 g/mol. The zero-order valence-corrected chi connectivity index (χ0v) is 16.4. The van der Waals surface area contributed by atoms with Gasteiger partial charge in [-0.1, -0.05) is 12.1 Å². The van der Waals surface area contributed by atoms with E-state index in [1.807, 2.05) is 0 Å². The third-order valence-corrected chi connectivity index (χ3v) is 6.15. The number of rotatable bonds is 7. The van der Waals surface area contributed by atoms with Gasteiger partial charge in [0.2, 0.25) is 5.91 Å². The van der Waals surface area contributed by atoms with Crippen LogP contribution in [-0.4, -0.2) is 25.1 Å². The number of alkyl halides is 3. The molecular weight excluding hydrogens is 429 g/mol. The molecule has 3 rings (SSSR count). The fourth-order valence-corrected chi connectivity index (χ4v) is 4.57. The highest BCUT2D eigenvalue weighted by Crippen LogP contribution is 2.31. The maximum absolute atomic E-state index is 12.6. The minimum atomic E-state index is -4.43. The summed E-state index contributed by atoms with van der Waals surface area (Å²) in [5.41, 5.74) is -0.104. The molecule has 0 aliphatic rings. The van der Waals surface area contributed by atoms with Crippen LogP contribution in [0.5, 0.6) is 0 Å². The standard InChI is InChI=1S/C18H15F3N2O4S2/c19-18(20,21)13-5-3-12(4-6-13)17-23-14(9-28-17)10-29(25,26)11-16(24)22-8-15-2-1-7-27-15/h1-7,9H,8,10-11H2,(H,22,24). The van der Waals surface area contributed by atoms with Crippen molar-refractivity contribution in [2.24, 2.45) is 0 Å². The lowest BCUT2D eigenvalue weighted by atomic mass is 10.1. The van der Waals surface area contributed by atoms with Gasteiger partial charge in [0.15, 0.2) is 9.84 Å². The number of nitrogens with zero attached hydrogens (tertiary/aromatic N) is 1. The van der Waals surface area contributed by atoms with Gasteiger partial charge in [-0.2, -0.15) is 13.2 Å². The van der Waals surface area contributed by atoms with Gasteiger partial charge in [-0.05, 0) is 24.3 Å². The van der Waals surface area contributed by atoms with Gasteiger partial charge in [0, 0.05) is 10.9 Å². The Morgan fingerprint density at radius 1 is 1.17 bits per heavy atom. The summed E-state index contributed by atoms with van der Waals surface area (Å²) < 4.78 is 67.4. The SMILES string of the molecule is O=C(CS(=O)(=O)Cc1csc(-c2ccc(C(F)(F)F)cc2)n1)NCc1ccco1. The van der Waals surface area contributed by atoms with Crippen molar-refractivity contribution in [2.45, 2.75) is 18.5 Å². The van der Waals surface area contributed by atoms with E-state index in [9.17, 15) is 26.4 Å². The quantitative estimate of drug-likeness (QED) is 0.601. The molecule has 0 unspecified atom stereocenters. The second-order valence-corrected chi connectivity index (χ2v) is 9.03. The molecule has 0 saturated carbocycles. The van der Waals surface area contributed by atoms with Crippen molar-refractivity contribution in [1.29, 1.82) is 0 Å². The number of aromatic nitrogens is 1. The Kier molecular flexibility index (Phi) is 6.08. The Morgan fingerprint density at radius 2 is 1.90 bits per heavy atom. The van der Waals surface area contributed by atoms with Crippen LogP contribution in [0.4, 0.5) is 13.2 Å². The number of amides is 1. The van der Waals surface area contributed by atoms with E-state index in [-0.39, 0.29) is 12.2 Å². The minimum absolute atomic E-state index is 0.0795. The number of nitrogens with one attached hydrogen (secondary N) is 1. The molecule has 11 heteroatoms. The number of carbonyl (C=O) groups excluding carboxylic acids is 1. The lowest BCUT2D eigenvalue weighted by Crippen LogP contribution is -2.30. The smallest absolute Gasteiger partial charge is 0.416 e. The Bertz CT molecular complexity index is 1070. The van der Waals surface area contributed by atoms with Crippen molar-refractivity contribution < 1.29 is 30.8 Å². The predicted molar refractivity (Wildman–Crippen MR) is 101 cm³/mol. The topological polar surface area (TPSA) is 89.3 Å². The van der Waals surface area contributed by atoms with Gasteiger partial charge in [-0.25, -0.2) is 13.4 Å². The first-order chi connectivity index (χ1) is 13.6. The van der Waals surface area contributed by atoms with E-state index in [4.69, 9.17) is 4.42 Å². The van der Waals surface area contributed by atoms with Crippen molar-refractivity contribution >= 4 is 27.1 Å². The summed E-state index contributed by atoms with van der Waals surface area (Å²) in [7, 11) is -3.77. The van der Waals surface area contributed by atoms with Crippen molar-refractivity contribution in [3.63, 3.8) is 0 Å². The third kappa shape index (κ3) is 5.91. The Hall–Kier alpha value is -2.66. The number of carbonyl (C=O) groups is 1. The van der Waals surface area contributed by atoms with E-state index in [1.165, 1.54) is 23.8 Å². The summed E-state index contributed by atoms with van der Waals surface area (Å²) in [6.07, 6.45) is -2.99. The molecule has 0 aliphatic carbocycles. The van der Waals surface area contributed by atoms with E-state index >= 15 is 0 Å². The third-order valence-electron chi connectivity index (χ3n) is 3.77. The fourth-order valence-electron chi connectivity index (χ4n) is 2.43. The Morgan fingerprint density at radius 3 is 2.52 bits per heavy atom. The zero-order chi connectivity index (χ0) is 21.1. The molecule has 1 N–H and O–H groups in total. The Balaban J connectivity index is 1.60. The lowest BCUT2D eigenvalue weighted by molar-refractivity contribution is -0.137. The van der Waals surface area contributed by atoms with E-state index < -0.39 is 39.0 Å². The summed E-state index contributed by atoms with van der Waals surface area (Å²) >= 11 is 1.11. The van der Waals surface area contributed by atoms with E-state index in [0.717, 1.165) is 23.5 Å². The average Bonchev–Trinajstić information content (AvgIpc) is 3.30. The molecule has 0 saturated heterocycles. The second kappa shape index (κ2) is 8.37. The first-order valence-corrected chi connectivity index (χ1v) is 10.9. The van der Waals surface area contributed by atoms with E-state index in [0.29, 0.717) is 16.3 Å². The number of hydrogen-bond donors (Lipinski definition) is 1. The minimum Gasteiger partial charge on any atom is -0.467 e. The van der Waals surface area contributed by atoms with Crippen molar-refractivity contribution in [3.8, 4) is 10.6 Å². The number of thiazole rings is 1. The monoisotopic (exact) mass is 444 g/mol. The molecule has 0 atom stereocenters. The highest BCUT2D eigenvalue weighted by Gasteiger charge is 2.30. The number of benzene rings is 1. The van der Waals surface area contributed by atoms with Crippen LogP contribution in [-0.2, 0) is 33.1 Å². The molecule has 0 fully saturated rings. The zero-order valence-electron chi connectivity index (χ0n) is 14.8. The largest absolute Gasteiger partial charge is 0.467 e. The molecule has 6 nitrogen and oxygen atoms in total. The van der Waals surface area contributed by atoms with Gasteiger partial charge in [0.1, 0.15) is 16.5 Å². The van der Waals surface area contributed by atoms with Crippen LogP contribution in [0, 0.1) is 0 Å². The maximum Gasteiger partial charge on any atom is 0.416 e. The molecule has 2 heterocycles. The molecule has 29 heavy (non-hydrogen) atoms. The van der Waals surface area contributed by atoms with Crippen LogP contribution < -0.4 is 5.32 Å². The number of hydrogen-bond acceptors (Lipinski definition) is 6. The summed E-state index contributed by atoms with van der Waals surface area (Å²) in [5.74, 6) is -1.32. The van der Waals surface area contributed by atoms with E-state index in [1.54, 1.807) is 12.1 Å². The molecule has 1 aromatic carbocycles. The van der Waals surface area contributed by atoms with Gasteiger partial charge in [-0.3, -0.25) is 4.79 Å². The molecule has 3 aromatic rings. The highest BCUT2D eigenvalue weighted by molar-refractivity contribution is 7.91. The van der Waals surface area contributed by atoms with Gasteiger partial charge >= 0.3 is 6.18 Å². The van der Waals surface area contributed by atoms with Crippen LogP contribution in [0.1, 0.15) is 17.0 Å². The molecule has 1 amide bonds. The molecule has 154 valence electrons. The summed E-state index contributed by atoms with van der Waals surface area (Å²) in [6, 6.07) is 7.73. The highest BCUT2D eigenvalue weighted by atomic mass is 32.2. The first kappa shape index (κ1) is 21.1. The second-order valence-electron chi connectivity index (χ2n) is 6.11. The molecular formula is C18H15F3N2O4S2. The van der Waals surface area contributed by atoms with Gasteiger partial charge in [0.25, 0.3) is 0 Å². The number of furan rings is 1. The summed E-state index contributed by atoms with van der Waals surface area (Å²) in [5, 5.41) is 4.35. The number of sulfone groups is 1. The van der Waals surface area contributed by atoms with Crippen LogP contribution in [0.15, 0.2) is 52.5 Å². The van der Waals surface area contributed by atoms with Crippen molar-refractivity contribution in [3.05, 3.63) is 65.1 Å². The normalized spacial score (nSPS) is 12.1. The van der Waals surface area contributed by atoms with Gasteiger partial charge in [-0.15, -0.1) is 11.3 Å². The van der Waals surface area contributed by atoms with Crippen LogP contribution in [0.25, 0.3) is 10.6 Å². The van der Waals surface area contributed by atoms with Crippen LogP contribution in [0.2, 0.25) is 0 Å². The van der Waals surface area contributed by atoms with E-state index in [2.05, 4.69) is 10.3 Å². The van der Waals surface area contributed by atoms with Crippen molar-refractivity contribution in [2.75, 3.05) is 5.75 Å². The molecule has 0 radical (unpaired) electrons. The first-order valence-electron chi connectivity index (χ1n) is 8.24. The molecule has 0 aliphatic heterocycles. The number of halogens is 3.